The zero-order valence-corrected chi connectivity index (χ0v) is 7.54. The van der Waals surface area contributed by atoms with Gasteiger partial charge in [-0.15, -0.1) is 13.2 Å². The molecule has 0 saturated heterocycles. The van der Waals surface area contributed by atoms with Gasteiger partial charge >= 0.3 is 0 Å². The Hall–Kier alpha value is -0.600. The van der Waals surface area contributed by atoms with Crippen molar-refractivity contribution in [1.29, 1.82) is 0 Å². The lowest BCUT2D eigenvalue weighted by molar-refractivity contribution is -0.102. The Morgan fingerprint density at radius 3 is 2.50 bits per heavy atom. The molecule has 0 bridgehead atoms. The molecular formula is C10H18O2. The normalized spacial score (nSPS) is 12.4. The van der Waals surface area contributed by atoms with Gasteiger partial charge in [0.25, 0.3) is 0 Å². The second-order valence-electron chi connectivity index (χ2n) is 2.62. The van der Waals surface area contributed by atoms with Crippen LogP contribution >= 0.6 is 0 Å². The van der Waals surface area contributed by atoms with E-state index in [4.69, 9.17) is 4.74 Å². The van der Waals surface area contributed by atoms with Gasteiger partial charge < -0.3 is 9.84 Å². The number of hydrogen-bond acceptors (Lipinski definition) is 2. The fourth-order valence-electron chi connectivity index (χ4n) is 0.791. The topological polar surface area (TPSA) is 29.5 Å². The molecule has 0 aromatic rings. The maximum Gasteiger partial charge on any atom is 0.154 e. The van der Waals surface area contributed by atoms with E-state index in [2.05, 4.69) is 13.2 Å². The zero-order chi connectivity index (χ0) is 9.23. The standard InChI is InChI=1S/C10H18O2/c1-3-5-7-9-12-10(11)8-6-4-2/h3-4,10-11H,1-2,5-9H2. The molecule has 0 aliphatic heterocycles. The van der Waals surface area contributed by atoms with Crippen LogP contribution in [0.1, 0.15) is 25.7 Å². The van der Waals surface area contributed by atoms with Gasteiger partial charge in [0.1, 0.15) is 0 Å². The van der Waals surface area contributed by atoms with E-state index in [1.54, 1.807) is 6.08 Å². The first-order chi connectivity index (χ1) is 5.81. The van der Waals surface area contributed by atoms with Gasteiger partial charge in [-0.05, 0) is 19.3 Å². The van der Waals surface area contributed by atoms with Gasteiger partial charge in [0, 0.05) is 6.42 Å². The molecule has 0 aliphatic carbocycles. The number of hydrogen-bond donors (Lipinski definition) is 1. The molecule has 2 nitrogen and oxygen atoms in total. The number of rotatable bonds is 8. The van der Waals surface area contributed by atoms with Crippen molar-refractivity contribution in [2.45, 2.75) is 32.0 Å². The van der Waals surface area contributed by atoms with Crippen LogP contribution in [0.4, 0.5) is 0 Å². The minimum absolute atomic E-state index is 0.602. The summed E-state index contributed by atoms with van der Waals surface area (Å²) in [5, 5.41) is 9.18. The minimum Gasteiger partial charge on any atom is -0.368 e. The van der Waals surface area contributed by atoms with Crippen molar-refractivity contribution in [2.24, 2.45) is 0 Å². The van der Waals surface area contributed by atoms with Crippen LogP contribution in [0.15, 0.2) is 25.3 Å². The lowest BCUT2D eigenvalue weighted by Crippen LogP contribution is -2.12. The van der Waals surface area contributed by atoms with Gasteiger partial charge in [0.2, 0.25) is 0 Å². The molecule has 0 spiro atoms. The molecule has 0 aromatic heterocycles. The summed E-state index contributed by atoms with van der Waals surface area (Å²) in [5.41, 5.74) is 0. The predicted octanol–water partition coefficient (Wildman–Crippen LogP) is 2.25. The highest BCUT2D eigenvalue weighted by Gasteiger charge is 2.00. The van der Waals surface area contributed by atoms with Crippen LogP contribution in [0.3, 0.4) is 0 Å². The van der Waals surface area contributed by atoms with E-state index in [0.717, 1.165) is 19.3 Å². The van der Waals surface area contributed by atoms with Crippen LogP contribution < -0.4 is 0 Å². The smallest absolute Gasteiger partial charge is 0.154 e. The Bertz CT molecular complexity index is 121. The average Bonchev–Trinajstić information content (AvgIpc) is 2.09. The Kier molecular flexibility index (Phi) is 8.07. The van der Waals surface area contributed by atoms with Gasteiger partial charge in [-0.3, -0.25) is 0 Å². The summed E-state index contributed by atoms with van der Waals surface area (Å²) in [6, 6.07) is 0. The second kappa shape index (κ2) is 8.50. The van der Waals surface area contributed by atoms with E-state index < -0.39 is 6.29 Å². The Morgan fingerprint density at radius 2 is 1.92 bits per heavy atom. The van der Waals surface area contributed by atoms with Gasteiger partial charge in [-0.2, -0.15) is 0 Å². The summed E-state index contributed by atoms with van der Waals surface area (Å²) in [6.45, 7) is 7.76. The highest BCUT2D eigenvalue weighted by molar-refractivity contribution is 4.67. The first-order valence-electron chi connectivity index (χ1n) is 4.32. The molecule has 0 aliphatic rings. The van der Waals surface area contributed by atoms with Crippen molar-refractivity contribution >= 4 is 0 Å². The molecule has 12 heavy (non-hydrogen) atoms. The molecular weight excluding hydrogens is 152 g/mol. The Labute approximate surface area is 74.6 Å². The number of unbranched alkanes of at least 4 members (excludes halogenated alkanes) is 1. The third kappa shape index (κ3) is 7.51. The summed E-state index contributed by atoms with van der Waals surface area (Å²) in [5.74, 6) is 0. The van der Waals surface area contributed by atoms with Gasteiger partial charge in [0.05, 0.1) is 6.61 Å². The number of ether oxygens (including phenoxy) is 1. The van der Waals surface area contributed by atoms with Crippen LogP contribution in [0.5, 0.6) is 0 Å². The predicted molar refractivity (Wildman–Crippen MR) is 50.8 cm³/mol. The molecule has 0 aromatic carbocycles. The van der Waals surface area contributed by atoms with Crippen LogP contribution in [-0.2, 0) is 4.74 Å². The first-order valence-corrected chi connectivity index (χ1v) is 4.32. The van der Waals surface area contributed by atoms with Gasteiger partial charge in [-0.25, -0.2) is 0 Å². The van der Waals surface area contributed by atoms with Gasteiger partial charge in [-0.1, -0.05) is 12.2 Å². The van der Waals surface area contributed by atoms with Gasteiger partial charge in [0.15, 0.2) is 6.29 Å². The second-order valence-corrected chi connectivity index (χ2v) is 2.62. The fraction of sp³-hybridized carbons (Fsp3) is 0.600. The van der Waals surface area contributed by atoms with Crippen molar-refractivity contribution in [3.63, 3.8) is 0 Å². The van der Waals surface area contributed by atoms with Crippen LogP contribution in [-0.4, -0.2) is 18.0 Å². The SMILES string of the molecule is C=CCCCOC(O)CCC=C. The van der Waals surface area contributed by atoms with E-state index in [-0.39, 0.29) is 0 Å². The molecule has 0 fully saturated rings. The molecule has 2 heteroatoms. The lowest BCUT2D eigenvalue weighted by atomic mass is 10.3. The zero-order valence-electron chi connectivity index (χ0n) is 7.54. The highest BCUT2D eigenvalue weighted by Crippen LogP contribution is 2.00. The third-order valence-electron chi connectivity index (χ3n) is 1.48. The van der Waals surface area contributed by atoms with Crippen molar-refractivity contribution in [1.82, 2.24) is 0 Å². The quantitative estimate of drug-likeness (QED) is 0.344. The average molecular weight is 170 g/mol. The van der Waals surface area contributed by atoms with Crippen molar-refractivity contribution in [3.8, 4) is 0 Å². The van der Waals surface area contributed by atoms with Crippen molar-refractivity contribution in [3.05, 3.63) is 25.3 Å². The van der Waals surface area contributed by atoms with Crippen molar-refractivity contribution < 1.29 is 9.84 Å². The molecule has 0 radical (unpaired) electrons. The maximum atomic E-state index is 9.18. The maximum absolute atomic E-state index is 9.18. The van der Waals surface area contributed by atoms with Crippen molar-refractivity contribution in [2.75, 3.05) is 6.61 Å². The Balaban J connectivity index is 3.12. The summed E-state index contributed by atoms with van der Waals surface area (Å²) >= 11 is 0. The van der Waals surface area contributed by atoms with E-state index in [1.807, 2.05) is 6.08 Å². The number of aliphatic hydroxyl groups excluding tert-OH is 1. The molecule has 1 unspecified atom stereocenters. The largest absolute Gasteiger partial charge is 0.368 e. The van der Waals surface area contributed by atoms with E-state index in [1.165, 1.54) is 0 Å². The van der Waals surface area contributed by atoms with Crippen LogP contribution in [0.25, 0.3) is 0 Å². The molecule has 70 valence electrons. The molecule has 1 N–H and O–H groups in total. The summed E-state index contributed by atoms with van der Waals surface area (Å²) in [7, 11) is 0. The molecule has 0 amide bonds. The molecule has 0 heterocycles. The van der Waals surface area contributed by atoms with E-state index >= 15 is 0 Å². The molecule has 1 atom stereocenters. The fourth-order valence-corrected chi connectivity index (χ4v) is 0.791. The molecule has 0 rings (SSSR count). The van der Waals surface area contributed by atoms with Crippen LogP contribution in [0.2, 0.25) is 0 Å². The third-order valence-corrected chi connectivity index (χ3v) is 1.48. The lowest BCUT2D eigenvalue weighted by Gasteiger charge is -2.09. The summed E-state index contributed by atoms with van der Waals surface area (Å²) in [6.07, 6.45) is 6.28. The van der Waals surface area contributed by atoms with E-state index in [0.29, 0.717) is 13.0 Å². The Morgan fingerprint density at radius 1 is 1.25 bits per heavy atom. The van der Waals surface area contributed by atoms with E-state index in [9.17, 15) is 5.11 Å². The molecule has 0 saturated carbocycles. The number of allylic oxidation sites excluding steroid dienone is 2. The minimum atomic E-state index is -0.632. The number of aliphatic hydroxyl groups is 1. The summed E-state index contributed by atoms with van der Waals surface area (Å²) in [4.78, 5) is 0. The summed E-state index contributed by atoms with van der Waals surface area (Å²) < 4.78 is 5.11. The van der Waals surface area contributed by atoms with Crippen LogP contribution in [0, 0.1) is 0 Å². The first kappa shape index (κ1) is 11.4. The highest BCUT2D eigenvalue weighted by atomic mass is 16.6. The monoisotopic (exact) mass is 170 g/mol.